The number of carbonyl (C=O) groups excluding carboxylic acids is 1. The highest BCUT2D eigenvalue weighted by molar-refractivity contribution is 7.80. The summed E-state index contributed by atoms with van der Waals surface area (Å²) < 4.78 is 0. The van der Waals surface area contributed by atoms with Gasteiger partial charge in [-0.15, -0.1) is 0 Å². The molecule has 10 heteroatoms. The molecule has 2 amide bonds. The van der Waals surface area contributed by atoms with E-state index in [2.05, 4.69) is 12.6 Å². The first-order chi connectivity index (χ1) is 8.77. The van der Waals surface area contributed by atoms with Crippen molar-refractivity contribution >= 4 is 36.6 Å². The molecule has 2 atom stereocenters. The Morgan fingerprint density at radius 1 is 0.947 bits per heavy atom. The monoisotopic (exact) mass is 294 g/mol. The molecule has 1 unspecified atom stereocenters. The highest BCUT2D eigenvalue weighted by atomic mass is 32.1. The molecular weight excluding hydrogens is 280 g/mol. The zero-order valence-electron chi connectivity index (χ0n) is 9.70. The van der Waals surface area contributed by atoms with Crippen LogP contribution in [0.3, 0.4) is 0 Å². The van der Waals surface area contributed by atoms with Gasteiger partial charge in [-0.2, -0.15) is 12.6 Å². The molecule has 0 rings (SSSR count). The molecule has 0 fully saturated rings. The lowest BCUT2D eigenvalue weighted by atomic mass is 10.1. The number of amides is 2. The topological polar surface area (TPSA) is 153 Å². The van der Waals surface area contributed by atoms with Crippen molar-refractivity contribution in [3.05, 3.63) is 0 Å². The van der Waals surface area contributed by atoms with Crippen molar-refractivity contribution in [3.63, 3.8) is 0 Å². The van der Waals surface area contributed by atoms with E-state index in [0.29, 0.717) is 0 Å². The Morgan fingerprint density at radius 2 is 1.42 bits per heavy atom. The summed E-state index contributed by atoms with van der Waals surface area (Å²) in [6, 6.07) is -3.69. The lowest BCUT2D eigenvalue weighted by Crippen LogP contribution is -2.51. The van der Waals surface area contributed by atoms with E-state index < -0.39 is 42.4 Å². The van der Waals surface area contributed by atoms with Gasteiger partial charge < -0.3 is 26.0 Å². The van der Waals surface area contributed by atoms with Gasteiger partial charge in [0, 0.05) is 12.2 Å². The third kappa shape index (κ3) is 7.13. The van der Waals surface area contributed by atoms with Gasteiger partial charge in [0.2, 0.25) is 0 Å². The van der Waals surface area contributed by atoms with Crippen LogP contribution in [0.1, 0.15) is 12.8 Å². The van der Waals surface area contributed by atoms with E-state index in [1.54, 1.807) is 0 Å². The molecule has 0 saturated carbocycles. The van der Waals surface area contributed by atoms with Gasteiger partial charge in [0.25, 0.3) is 0 Å². The van der Waals surface area contributed by atoms with Gasteiger partial charge in [-0.05, 0) is 6.42 Å². The number of hydrogen-bond acceptors (Lipinski definition) is 5. The fourth-order valence-corrected chi connectivity index (χ4v) is 1.32. The molecule has 0 heterocycles. The minimum atomic E-state index is -1.41. The van der Waals surface area contributed by atoms with Gasteiger partial charge in [-0.3, -0.25) is 4.79 Å². The highest BCUT2D eigenvalue weighted by Crippen LogP contribution is 1.98. The van der Waals surface area contributed by atoms with E-state index in [1.807, 2.05) is 10.6 Å². The predicted molar refractivity (Wildman–Crippen MR) is 65.2 cm³/mol. The molecule has 19 heavy (non-hydrogen) atoms. The number of carbonyl (C=O) groups is 4. The Hall–Kier alpha value is -1.97. The first kappa shape index (κ1) is 17.0. The lowest BCUT2D eigenvalue weighted by molar-refractivity contribution is -0.140. The van der Waals surface area contributed by atoms with Crippen molar-refractivity contribution < 1.29 is 34.5 Å². The van der Waals surface area contributed by atoms with Crippen molar-refractivity contribution in [2.45, 2.75) is 24.9 Å². The minimum Gasteiger partial charge on any atom is -0.481 e. The van der Waals surface area contributed by atoms with Crippen LogP contribution in [0, 0.1) is 0 Å². The second-order valence-corrected chi connectivity index (χ2v) is 3.88. The number of carboxylic acids is 3. The molecule has 0 bridgehead atoms. The van der Waals surface area contributed by atoms with Crippen LogP contribution in [0.25, 0.3) is 0 Å². The zero-order chi connectivity index (χ0) is 15.0. The van der Waals surface area contributed by atoms with E-state index in [9.17, 15) is 19.2 Å². The standard InChI is InChI=1S/C9H14N2O7S/c12-6(13)2-1-4(7(14)15)10-9(18)11-5(3-19)8(16)17/h4-5,19H,1-3H2,(H,12,13)(H,14,15)(H,16,17)(H2,10,11,18)/t4-,5?/m0/s1. The minimum absolute atomic E-state index is 0.171. The fourth-order valence-electron chi connectivity index (χ4n) is 1.07. The quantitative estimate of drug-likeness (QED) is 0.313. The smallest absolute Gasteiger partial charge is 0.327 e. The summed E-state index contributed by atoms with van der Waals surface area (Å²) in [7, 11) is 0. The summed E-state index contributed by atoms with van der Waals surface area (Å²) in [5, 5.41) is 29.8. The highest BCUT2D eigenvalue weighted by Gasteiger charge is 2.23. The number of thiol groups is 1. The van der Waals surface area contributed by atoms with E-state index >= 15 is 0 Å². The Labute approximate surface area is 113 Å². The van der Waals surface area contributed by atoms with E-state index in [-0.39, 0.29) is 12.2 Å². The van der Waals surface area contributed by atoms with Crippen LogP contribution < -0.4 is 10.6 Å². The molecule has 0 aromatic heterocycles. The summed E-state index contributed by atoms with van der Waals surface area (Å²) in [6.45, 7) is 0. The maximum absolute atomic E-state index is 11.3. The van der Waals surface area contributed by atoms with E-state index in [4.69, 9.17) is 15.3 Å². The molecule has 9 nitrogen and oxygen atoms in total. The summed E-state index contributed by atoms with van der Waals surface area (Å²) in [5.74, 6) is -4.10. The second kappa shape index (κ2) is 8.19. The average Bonchev–Trinajstić information content (AvgIpc) is 2.30. The van der Waals surface area contributed by atoms with Gasteiger partial charge in [0.05, 0.1) is 0 Å². The zero-order valence-corrected chi connectivity index (χ0v) is 10.6. The number of nitrogens with one attached hydrogen (secondary N) is 2. The molecule has 0 radical (unpaired) electrons. The van der Waals surface area contributed by atoms with E-state index in [1.165, 1.54) is 0 Å². The summed E-state index contributed by atoms with van der Waals surface area (Å²) in [5.41, 5.74) is 0. The number of urea groups is 1. The fraction of sp³-hybridized carbons (Fsp3) is 0.556. The first-order valence-corrected chi connectivity index (χ1v) is 5.76. The van der Waals surface area contributed by atoms with Crippen molar-refractivity contribution in [1.82, 2.24) is 10.6 Å². The molecule has 0 aliphatic rings. The van der Waals surface area contributed by atoms with Crippen LogP contribution >= 0.6 is 12.6 Å². The molecule has 0 spiro atoms. The van der Waals surface area contributed by atoms with Gasteiger partial charge in [0.15, 0.2) is 0 Å². The maximum Gasteiger partial charge on any atom is 0.327 e. The van der Waals surface area contributed by atoms with Crippen LogP contribution in [-0.4, -0.2) is 57.1 Å². The Morgan fingerprint density at radius 3 is 1.79 bits per heavy atom. The molecular formula is C9H14N2O7S. The van der Waals surface area contributed by atoms with Gasteiger partial charge >= 0.3 is 23.9 Å². The number of hydrogen-bond donors (Lipinski definition) is 6. The largest absolute Gasteiger partial charge is 0.481 e. The van der Waals surface area contributed by atoms with E-state index in [0.717, 1.165) is 0 Å². The predicted octanol–water partition coefficient (Wildman–Crippen LogP) is -1.01. The summed E-state index contributed by atoms with van der Waals surface area (Å²) in [6.07, 6.45) is -0.747. The molecule has 0 aromatic rings. The van der Waals surface area contributed by atoms with Gasteiger partial charge in [-0.1, -0.05) is 0 Å². The molecule has 108 valence electrons. The first-order valence-electron chi connectivity index (χ1n) is 5.13. The SMILES string of the molecule is O=C(O)CC[C@H](NC(=O)NC(CS)C(=O)O)C(=O)O. The van der Waals surface area contributed by atoms with Crippen molar-refractivity contribution in [2.75, 3.05) is 5.75 Å². The Balaban J connectivity index is 4.42. The van der Waals surface area contributed by atoms with Crippen LogP contribution in [0.4, 0.5) is 4.79 Å². The van der Waals surface area contributed by atoms with Crippen LogP contribution in [0.15, 0.2) is 0 Å². The third-order valence-electron chi connectivity index (χ3n) is 2.04. The second-order valence-electron chi connectivity index (χ2n) is 3.51. The molecule has 0 saturated heterocycles. The average molecular weight is 294 g/mol. The molecule has 0 aromatic carbocycles. The molecule has 0 aliphatic heterocycles. The van der Waals surface area contributed by atoms with Crippen LogP contribution in [0.2, 0.25) is 0 Å². The van der Waals surface area contributed by atoms with Crippen LogP contribution in [-0.2, 0) is 14.4 Å². The number of aliphatic carboxylic acids is 3. The van der Waals surface area contributed by atoms with Crippen molar-refractivity contribution in [3.8, 4) is 0 Å². The number of carboxylic acid groups (broad SMARTS) is 3. The Kier molecular flexibility index (Phi) is 7.34. The summed E-state index contributed by atoms with van der Waals surface area (Å²) >= 11 is 3.71. The van der Waals surface area contributed by atoms with Gasteiger partial charge in [-0.25, -0.2) is 14.4 Å². The third-order valence-corrected chi connectivity index (χ3v) is 2.40. The molecule has 0 aliphatic carbocycles. The van der Waals surface area contributed by atoms with Crippen LogP contribution in [0.5, 0.6) is 0 Å². The van der Waals surface area contributed by atoms with Crippen molar-refractivity contribution in [2.24, 2.45) is 0 Å². The number of rotatable bonds is 8. The van der Waals surface area contributed by atoms with Gasteiger partial charge in [0.1, 0.15) is 12.1 Å². The maximum atomic E-state index is 11.3. The molecule has 5 N–H and O–H groups in total. The lowest BCUT2D eigenvalue weighted by Gasteiger charge is -2.16. The Bertz CT molecular complexity index is 374. The van der Waals surface area contributed by atoms with Crippen molar-refractivity contribution in [1.29, 1.82) is 0 Å². The summed E-state index contributed by atoms with van der Waals surface area (Å²) in [4.78, 5) is 43.0. The normalized spacial score (nSPS) is 13.1.